The fourth-order valence-corrected chi connectivity index (χ4v) is 2.03. The molecule has 0 aliphatic carbocycles. The minimum atomic E-state index is -0.680. The van der Waals surface area contributed by atoms with E-state index in [2.05, 4.69) is 20.4 Å². The molecule has 6 nitrogen and oxygen atoms in total. The van der Waals surface area contributed by atoms with Crippen LogP contribution in [-0.4, -0.2) is 31.5 Å². The van der Waals surface area contributed by atoms with E-state index in [-0.39, 0.29) is 18.2 Å². The number of anilines is 2. The monoisotopic (exact) mass is 317 g/mol. The van der Waals surface area contributed by atoms with Gasteiger partial charge in [-0.05, 0) is 12.1 Å². The Kier molecular flexibility index (Phi) is 4.24. The van der Waals surface area contributed by atoms with Crippen molar-refractivity contribution in [3.63, 3.8) is 0 Å². The smallest absolute Gasteiger partial charge is 0.227 e. The van der Waals surface area contributed by atoms with Crippen LogP contribution in [0.2, 0.25) is 0 Å². The van der Waals surface area contributed by atoms with Crippen LogP contribution in [0.3, 0.4) is 0 Å². The van der Waals surface area contributed by atoms with Crippen LogP contribution in [0.15, 0.2) is 43.0 Å². The first-order valence-electron chi connectivity index (χ1n) is 6.83. The summed E-state index contributed by atoms with van der Waals surface area (Å²) in [6.45, 7) is 0.413. The van der Waals surface area contributed by atoms with Crippen molar-refractivity contribution < 1.29 is 13.9 Å². The number of nitrogens with zero attached hydrogens (tertiary/aromatic N) is 4. The molecule has 118 valence electrons. The van der Waals surface area contributed by atoms with Crippen molar-refractivity contribution in [1.29, 1.82) is 0 Å². The summed E-state index contributed by atoms with van der Waals surface area (Å²) in [7, 11) is 0. The van der Waals surface area contributed by atoms with Crippen LogP contribution >= 0.6 is 0 Å². The predicted octanol–water partition coefficient (Wildman–Crippen LogP) is 2.35. The van der Waals surface area contributed by atoms with Crippen molar-refractivity contribution in [2.75, 3.05) is 11.9 Å². The van der Waals surface area contributed by atoms with Gasteiger partial charge in [0.1, 0.15) is 11.6 Å². The number of hydrogen-bond acceptors (Lipinski definition) is 5. The van der Waals surface area contributed by atoms with E-state index >= 15 is 0 Å². The highest BCUT2D eigenvalue weighted by molar-refractivity contribution is 5.61. The van der Waals surface area contributed by atoms with E-state index < -0.39 is 11.6 Å². The molecule has 0 saturated heterocycles. The van der Waals surface area contributed by atoms with E-state index in [1.807, 2.05) is 0 Å². The lowest BCUT2D eigenvalue weighted by Crippen LogP contribution is -2.01. The number of aliphatic hydroxyl groups excluding tert-OH is 1. The van der Waals surface area contributed by atoms with Gasteiger partial charge in [-0.3, -0.25) is 4.68 Å². The molecule has 0 radical (unpaired) electrons. The molecule has 0 bridgehead atoms. The fraction of sp³-hybridized carbons (Fsp3) is 0.133. The fourth-order valence-electron chi connectivity index (χ4n) is 2.03. The minimum Gasteiger partial charge on any atom is -0.394 e. The molecule has 0 atom stereocenters. The largest absolute Gasteiger partial charge is 0.394 e. The third kappa shape index (κ3) is 3.67. The summed E-state index contributed by atoms with van der Waals surface area (Å²) >= 11 is 0. The molecule has 0 fully saturated rings. The van der Waals surface area contributed by atoms with Gasteiger partial charge in [0.25, 0.3) is 0 Å². The maximum Gasteiger partial charge on any atom is 0.227 e. The molecule has 0 aliphatic heterocycles. The zero-order valence-corrected chi connectivity index (χ0v) is 11.9. The van der Waals surface area contributed by atoms with E-state index in [9.17, 15) is 8.78 Å². The second kappa shape index (κ2) is 6.49. The SMILES string of the molecule is OCCn1cc(-c2cnc(Nc3cc(F)cc(F)c3)nc2)cn1. The van der Waals surface area contributed by atoms with Gasteiger partial charge in [0.05, 0.1) is 19.3 Å². The Morgan fingerprint density at radius 3 is 2.35 bits per heavy atom. The van der Waals surface area contributed by atoms with Gasteiger partial charge in [0.2, 0.25) is 5.95 Å². The molecule has 0 unspecified atom stereocenters. The lowest BCUT2D eigenvalue weighted by Gasteiger charge is -2.05. The van der Waals surface area contributed by atoms with E-state index in [0.717, 1.165) is 29.3 Å². The third-order valence-corrected chi connectivity index (χ3v) is 3.07. The predicted molar refractivity (Wildman–Crippen MR) is 80.0 cm³/mol. The van der Waals surface area contributed by atoms with E-state index in [0.29, 0.717) is 6.54 Å². The van der Waals surface area contributed by atoms with Gasteiger partial charge in [-0.1, -0.05) is 0 Å². The summed E-state index contributed by atoms with van der Waals surface area (Å²) in [5.74, 6) is -1.14. The first-order valence-corrected chi connectivity index (χ1v) is 6.83. The molecule has 1 aromatic carbocycles. The summed E-state index contributed by atoms with van der Waals surface area (Å²) < 4.78 is 27.9. The van der Waals surface area contributed by atoms with Crippen LogP contribution in [0.25, 0.3) is 11.1 Å². The first-order chi connectivity index (χ1) is 11.1. The van der Waals surface area contributed by atoms with Crippen molar-refractivity contribution in [1.82, 2.24) is 19.7 Å². The van der Waals surface area contributed by atoms with Crippen LogP contribution in [0.5, 0.6) is 0 Å². The number of benzene rings is 1. The van der Waals surface area contributed by atoms with Crippen LogP contribution in [0, 0.1) is 11.6 Å². The zero-order valence-electron chi connectivity index (χ0n) is 11.9. The highest BCUT2D eigenvalue weighted by atomic mass is 19.1. The number of aliphatic hydroxyl groups is 1. The van der Waals surface area contributed by atoms with Crippen molar-refractivity contribution >= 4 is 11.6 Å². The maximum atomic E-state index is 13.1. The number of halogens is 2. The average molecular weight is 317 g/mol. The van der Waals surface area contributed by atoms with Crippen molar-refractivity contribution in [3.8, 4) is 11.1 Å². The molecule has 2 heterocycles. The van der Waals surface area contributed by atoms with Crippen LogP contribution < -0.4 is 5.32 Å². The normalized spacial score (nSPS) is 10.7. The van der Waals surface area contributed by atoms with Crippen LogP contribution in [0.4, 0.5) is 20.4 Å². The Morgan fingerprint density at radius 1 is 1.00 bits per heavy atom. The summed E-state index contributed by atoms with van der Waals surface area (Å²) in [6, 6.07) is 3.09. The molecule has 0 aliphatic rings. The zero-order chi connectivity index (χ0) is 16.2. The Morgan fingerprint density at radius 2 is 1.70 bits per heavy atom. The standard InChI is InChI=1S/C15H13F2N5O/c16-12-3-13(17)5-14(4-12)21-15-18-6-10(7-19-15)11-8-20-22(9-11)1-2-23/h3-9,23H,1-2H2,(H,18,19,21). The molecule has 2 aromatic heterocycles. The molecule has 0 spiro atoms. The number of nitrogens with one attached hydrogen (secondary N) is 1. The Hall–Kier alpha value is -2.87. The second-order valence-corrected chi connectivity index (χ2v) is 4.79. The summed E-state index contributed by atoms with van der Waals surface area (Å²) in [5.41, 5.74) is 1.78. The Bertz CT molecular complexity index is 784. The van der Waals surface area contributed by atoms with Crippen molar-refractivity contribution in [2.24, 2.45) is 0 Å². The number of aromatic nitrogens is 4. The highest BCUT2D eigenvalue weighted by Crippen LogP contribution is 2.19. The Balaban J connectivity index is 1.76. The molecule has 3 rings (SSSR count). The van der Waals surface area contributed by atoms with E-state index in [1.165, 1.54) is 0 Å². The van der Waals surface area contributed by atoms with Crippen molar-refractivity contribution in [3.05, 3.63) is 54.6 Å². The molecule has 0 saturated carbocycles. The van der Waals surface area contributed by atoms with Gasteiger partial charge in [-0.25, -0.2) is 18.7 Å². The molecular formula is C15H13F2N5O. The summed E-state index contributed by atoms with van der Waals surface area (Å²) in [4.78, 5) is 8.22. The van der Waals surface area contributed by atoms with E-state index in [1.54, 1.807) is 29.5 Å². The lowest BCUT2D eigenvalue weighted by atomic mass is 10.2. The lowest BCUT2D eigenvalue weighted by molar-refractivity contribution is 0.269. The number of hydrogen-bond donors (Lipinski definition) is 2. The van der Waals surface area contributed by atoms with Gasteiger partial charge < -0.3 is 10.4 Å². The molecule has 8 heteroatoms. The van der Waals surface area contributed by atoms with Gasteiger partial charge in [0, 0.05) is 41.5 Å². The van der Waals surface area contributed by atoms with Crippen LogP contribution in [0.1, 0.15) is 0 Å². The second-order valence-electron chi connectivity index (χ2n) is 4.79. The molecule has 23 heavy (non-hydrogen) atoms. The van der Waals surface area contributed by atoms with Gasteiger partial charge in [-0.2, -0.15) is 5.10 Å². The van der Waals surface area contributed by atoms with Gasteiger partial charge in [0.15, 0.2) is 0 Å². The van der Waals surface area contributed by atoms with Gasteiger partial charge >= 0.3 is 0 Å². The van der Waals surface area contributed by atoms with Gasteiger partial charge in [-0.15, -0.1) is 0 Å². The van der Waals surface area contributed by atoms with Crippen LogP contribution in [-0.2, 0) is 6.54 Å². The highest BCUT2D eigenvalue weighted by Gasteiger charge is 2.05. The number of rotatable bonds is 5. The average Bonchev–Trinajstić information content (AvgIpc) is 2.96. The molecule has 0 amide bonds. The third-order valence-electron chi connectivity index (χ3n) is 3.07. The van der Waals surface area contributed by atoms with Crippen molar-refractivity contribution in [2.45, 2.75) is 6.54 Å². The van der Waals surface area contributed by atoms with E-state index in [4.69, 9.17) is 5.11 Å². The topological polar surface area (TPSA) is 75.9 Å². The first kappa shape index (κ1) is 15.0. The molecule has 3 aromatic rings. The summed E-state index contributed by atoms with van der Waals surface area (Å²) in [5, 5.41) is 15.7. The molecule has 2 N–H and O–H groups in total. The Labute approximate surface area is 130 Å². The maximum absolute atomic E-state index is 13.1. The quantitative estimate of drug-likeness (QED) is 0.755. The molecular weight excluding hydrogens is 304 g/mol. The summed E-state index contributed by atoms with van der Waals surface area (Å²) in [6.07, 6.45) is 6.56. The minimum absolute atomic E-state index is 0.00464.